The average Bonchev–Trinajstić information content (AvgIpc) is 2.43. The van der Waals surface area contributed by atoms with E-state index in [0.717, 1.165) is 12.8 Å². The highest BCUT2D eigenvalue weighted by Gasteiger charge is 2.23. The molecule has 1 rings (SSSR count). The van der Waals surface area contributed by atoms with E-state index < -0.39 is 16.0 Å². The number of ether oxygens (including phenoxy) is 1. The van der Waals surface area contributed by atoms with Crippen LogP contribution in [0.5, 0.6) is 0 Å². The van der Waals surface area contributed by atoms with Crippen molar-refractivity contribution in [3.05, 3.63) is 23.8 Å². The fourth-order valence-corrected chi connectivity index (χ4v) is 3.00. The van der Waals surface area contributed by atoms with Crippen LogP contribution in [0.25, 0.3) is 0 Å². The lowest BCUT2D eigenvalue weighted by Gasteiger charge is -2.18. The van der Waals surface area contributed by atoms with Gasteiger partial charge in [0.15, 0.2) is 0 Å². The second-order valence-electron chi connectivity index (χ2n) is 4.42. The molecular formula is C13H20N2O4S. The van der Waals surface area contributed by atoms with E-state index in [0.29, 0.717) is 6.54 Å². The zero-order valence-corrected chi connectivity index (χ0v) is 12.7. The number of benzene rings is 1. The maximum Gasteiger partial charge on any atom is 0.337 e. The molecule has 0 aliphatic carbocycles. The topological polar surface area (TPSA) is 89.7 Å². The van der Waals surface area contributed by atoms with Gasteiger partial charge < -0.3 is 10.5 Å². The van der Waals surface area contributed by atoms with Gasteiger partial charge in [0, 0.05) is 13.6 Å². The van der Waals surface area contributed by atoms with E-state index in [1.807, 2.05) is 6.92 Å². The van der Waals surface area contributed by atoms with Gasteiger partial charge in [-0.2, -0.15) is 0 Å². The number of hydrogen-bond acceptors (Lipinski definition) is 5. The molecule has 0 saturated carbocycles. The van der Waals surface area contributed by atoms with E-state index >= 15 is 0 Å². The largest absolute Gasteiger partial charge is 0.465 e. The van der Waals surface area contributed by atoms with Gasteiger partial charge in [-0.1, -0.05) is 13.3 Å². The zero-order valence-electron chi connectivity index (χ0n) is 11.9. The van der Waals surface area contributed by atoms with E-state index in [2.05, 4.69) is 4.74 Å². The predicted octanol–water partition coefficient (Wildman–Crippen LogP) is 1.48. The Bertz CT molecular complexity index is 584. The molecule has 1 aromatic carbocycles. The second-order valence-corrected chi connectivity index (χ2v) is 6.44. The molecule has 0 saturated heterocycles. The third-order valence-electron chi connectivity index (χ3n) is 2.95. The van der Waals surface area contributed by atoms with Crippen molar-refractivity contribution in [3.8, 4) is 0 Å². The van der Waals surface area contributed by atoms with Gasteiger partial charge in [-0.3, -0.25) is 0 Å². The zero-order chi connectivity index (χ0) is 15.3. The van der Waals surface area contributed by atoms with E-state index in [1.54, 1.807) is 0 Å². The van der Waals surface area contributed by atoms with Crippen LogP contribution in [0.3, 0.4) is 0 Å². The van der Waals surface area contributed by atoms with Crippen LogP contribution in [0.2, 0.25) is 0 Å². The Hall–Kier alpha value is -1.60. The number of methoxy groups -OCH3 is 1. The Labute approximate surface area is 119 Å². The molecule has 0 spiro atoms. The lowest BCUT2D eigenvalue weighted by Crippen LogP contribution is -2.28. The molecule has 0 fully saturated rings. The highest BCUT2D eigenvalue weighted by molar-refractivity contribution is 7.89. The van der Waals surface area contributed by atoms with Crippen LogP contribution in [0, 0.1) is 0 Å². The third-order valence-corrected chi connectivity index (χ3v) is 4.88. The summed E-state index contributed by atoms with van der Waals surface area (Å²) >= 11 is 0. The second kappa shape index (κ2) is 6.71. The molecule has 0 bridgehead atoms. The first-order valence-electron chi connectivity index (χ1n) is 6.28. The van der Waals surface area contributed by atoms with Gasteiger partial charge in [0.1, 0.15) is 4.90 Å². The number of carbonyl (C=O) groups excluding carboxylic acids is 1. The summed E-state index contributed by atoms with van der Waals surface area (Å²) in [5, 5.41) is 0. The monoisotopic (exact) mass is 300 g/mol. The van der Waals surface area contributed by atoms with Gasteiger partial charge in [-0.05, 0) is 24.6 Å². The summed E-state index contributed by atoms with van der Waals surface area (Å²) in [6, 6.07) is 4.04. The first-order valence-corrected chi connectivity index (χ1v) is 7.72. The minimum Gasteiger partial charge on any atom is -0.465 e. The number of sulfonamides is 1. The van der Waals surface area contributed by atoms with Gasteiger partial charge in [0.05, 0.1) is 18.4 Å². The van der Waals surface area contributed by atoms with E-state index in [9.17, 15) is 13.2 Å². The van der Waals surface area contributed by atoms with Crippen LogP contribution in [-0.2, 0) is 14.8 Å². The van der Waals surface area contributed by atoms with E-state index in [1.165, 1.54) is 36.7 Å². The van der Waals surface area contributed by atoms with Gasteiger partial charge in [-0.15, -0.1) is 0 Å². The van der Waals surface area contributed by atoms with Crippen LogP contribution in [0.1, 0.15) is 30.1 Å². The fourth-order valence-electron chi connectivity index (χ4n) is 1.70. The van der Waals surface area contributed by atoms with Gasteiger partial charge in [0.25, 0.3) is 0 Å². The smallest absolute Gasteiger partial charge is 0.337 e. The molecule has 0 aliphatic rings. The molecule has 7 heteroatoms. The van der Waals surface area contributed by atoms with Crippen molar-refractivity contribution in [2.24, 2.45) is 0 Å². The number of nitrogen functional groups attached to an aromatic ring is 1. The Morgan fingerprint density at radius 1 is 1.40 bits per heavy atom. The summed E-state index contributed by atoms with van der Waals surface area (Å²) in [5.41, 5.74) is 6.01. The highest BCUT2D eigenvalue weighted by Crippen LogP contribution is 2.23. The normalized spacial score (nSPS) is 11.6. The minimum atomic E-state index is -3.63. The van der Waals surface area contributed by atoms with Crippen LogP contribution < -0.4 is 5.73 Å². The molecule has 0 aromatic heterocycles. The summed E-state index contributed by atoms with van der Waals surface area (Å²) in [5.74, 6) is -0.556. The van der Waals surface area contributed by atoms with Crippen molar-refractivity contribution in [1.82, 2.24) is 4.31 Å². The maximum absolute atomic E-state index is 12.3. The quantitative estimate of drug-likeness (QED) is 0.635. The summed E-state index contributed by atoms with van der Waals surface area (Å²) in [6.45, 7) is 2.41. The van der Waals surface area contributed by atoms with Gasteiger partial charge >= 0.3 is 5.97 Å². The summed E-state index contributed by atoms with van der Waals surface area (Å²) in [4.78, 5) is 11.4. The molecule has 0 heterocycles. The Balaban J connectivity index is 3.10. The SMILES string of the molecule is CCCCN(C)S(=O)(=O)c1ccc(C(=O)OC)cc1N. The molecule has 0 unspecified atom stereocenters. The number of anilines is 1. The molecule has 2 N–H and O–H groups in total. The molecular weight excluding hydrogens is 280 g/mol. The Kier molecular flexibility index (Phi) is 5.52. The van der Waals surface area contributed by atoms with Crippen LogP contribution in [-0.4, -0.2) is 39.4 Å². The van der Waals surface area contributed by atoms with Crippen molar-refractivity contribution in [1.29, 1.82) is 0 Å². The number of nitrogens with zero attached hydrogens (tertiary/aromatic N) is 1. The first-order chi connectivity index (χ1) is 9.34. The van der Waals surface area contributed by atoms with E-state index in [4.69, 9.17) is 5.73 Å². The number of unbranched alkanes of at least 4 members (excludes halogenated alkanes) is 1. The van der Waals surface area contributed by atoms with Crippen molar-refractivity contribution in [2.45, 2.75) is 24.7 Å². The summed E-state index contributed by atoms with van der Waals surface area (Å²) in [7, 11) is -0.871. The number of rotatable bonds is 6. The van der Waals surface area contributed by atoms with Crippen LogP contribution in [0.4, 0.5) is 5.69 Å². The molecule has 0 amide bonds. The maximum atomic E-state index is 12.3. The lowest BCUT2D eigenvalue weighted by molar-refractivity contribution is 0.0600. The molecule has 112 valence electrons. The highest BCUT2D eigenvalue weighted by atomic mass is 32.2. The van der Waals surface area contributed by atoms with E-state index in [-0.39, 0.29) is 16.1 Å². The summed E-state index contributed by atoms with van der Waals surface area (Å²) in [6.07, 6.45) is 1.67. The standard InChI is InChI=1S/C13H20N2O4S/c1-4-5-8-15(2)20(17,18)12-7-6-10(9-11(12)14)13(16)19-3/h6-7,9H,4-5,8,14H2,1-3H3. The lowest BCUT2D eigenvalue weighted by atomic mass is 10.2. The van der Waals surface area contributed by atoms with Crippen molar-refractivity contribution in [3.63, 3.8) is 0 Å². The first kappa shape index (κ1) is 16.5. The Morgan fingerprint density at radius 3 is 2.55 bits per heavy atom. The van der Waals surface area contributed by atoms with Crippen molar-refractivity contribution < 1.29 is 17.9 Å². The number of esters is 1. The van der Waals surface area contributed by atoms with Crippen LogP contribution >= 0.6 is 0 Å². The molecule has 0 radical (unpaired) electrons. The van der Waals surface area contributed by atoms with Crippen molar-refractivity contribution >= 4 is 21.7 Å². The molecule has 1 aromatic rings. The summed E-state index contributed by atoms with van der Waals surface area (Å²) < 4.78 is 30.5. The Morgan fingerprint density at radius 2 is 2.05 bits per heavy atom. The molecule has 20 heavy (non-hydrogen) atoms. The fraction of sp³-hybridized carbons (Fsp3) is 0.462. The minimum absolute atomic E-state index is 0.00348. The number of carbonyl (C=O) groups is 1. The van der Waals surface area contributed by atoms with Crippen LogP contribution in [0.15, 0.2) is 23.1 Å². The molecule has 6 nitrogen and oxygen atoms in total. The predicted molar refractivity (Wildman–Crippen MR) is 76.9 cm³/mol. The number of hydrogen-bond donors (Lipinski definition) is 1. The van der Waals surface area contributed by atoms with Gasteiger partial charge in [0.2, 0.25) is 10.0 Å². The number of nitrogens with two attached hydrogens (primary N) is 1. The van der Waals surface area contributed by atoms with Crippen molar-refractivity contribution in [2.75, 3.05) is 26.4 Å². The average molecular weight is 300 g/mol. The third kappa shape index (κ3) is 3.49. The molecule has 0 aliphatic heterocycles. The van der Waals surface area contributed by atoms with Gasteiger partial charge in [-0.25, -0.2) is 17.5 Å². The molecule has 0 atom stereocenters.